The second-order valence-electron chi connectivity index (χ2n) is 0. The summed E-state index contributed by atoms with van der Waals surface area (Å²) in [4.78, 5) is 0. The number of halogens is 4. The maximum absolute atomic E-state index is 0. The number of hydrogen-bond acceptors (Lipinski definition) is 0. The minimum Gasteiger partial charge on any atom is -1.00 e. The second kappa shape index (κ2) is 34.4. The Morgan fingerprint density at radius 2 is 0.600 bits per heavy atom. The first-order valence-corrected chi connectivity index (χ1v) is 0. The molecule has 0 aliphatic rings. The molecule has 0 nitrogen and oxygen atoms in total. The average Bonchev–Trinajstić information content (AvgIpc) is 0. The van der Waals surface area contributed by atoms with Crippen LogP contribution in [0.2, 0.25) is 0 Å². The van der Waals surface area contributed by atoms with Gasteiger partial charge in [-0.3, -0.25) is 0 Å². The fraction of sp³-hybridized carbons (Fsp3) is 0. The Balaban J connectivity index is 0. The summed E-state index contributed by atoms with van der Waals surface area (Å²) in [5, 5.41) is 0. The summed E-state index contributed by atoms with van der Waals surface area (Å²) in [6.07, 6.45) is 0. The molecule has 0 aromatic carbocycles. The molecule has 0 atom stereocenters. The van der Waals surface area contributed by atoms with Crippen molar-refractivity contribution in [3.63, 3.8) is 0 Å². The van der Waals surface area contributed by atoms with Crippen LogP contribution < -0.4 is 54.2 Å². The maximum atomic E-state index is 0. The van der Waals surface area contributed by atoms with E-state index in [0.717, 1.165) is 0 Å². The molecule has 0 saturated carbocycles. The van der Waals surface area contributed by atoms with Gasteiger partial charge in [0.15, 0.2) is 0 Å². The van der Waals surface area contributed by atoms with Gasteiger partial charge in [0.25, 0.3) is 0 Å². The summed E-state index contributed by atoms with van der Waals surface area (Å²) in [5.74, 6) is 0. The van der Waals surface area contributed by atoms with Gasteiger partial charge < -0.3 is 54.2 Å². The van der Waals surface area contributed by atoms with Crippen molar-refractivity contribution in [2.24, 2.45) is 0 Å². The molecule has 0 aliphatic heterocycles. The minimum atomic E-state index is 0. The van der Waals surface area contributed by atoms with Crippen LogP contribution in [0.5, 0.6) is 0 Å². The molecule has 0 N–H and O–H groups in total. The molecule has 5 heavy (non-hydrogen) atoms. The fourth-order valence-corrected chi connectivity index (χ4v) is 0. The van der Waals surface area contributed by atoms with Crippen molar-refractivity contribution in [2.75, 3.05) is 0 Å². The Morgan fingerprint density at radius 3 is 0.600 bits per heavy atom. The molecule has 0 fully saturated rings. The Morgan fingerprint density at radius 1 is 0.600 bits per heavy atom. The Labute approximate surface area is 79.2 Å². The first-order chi connectivity index (χ1) is 0. The smallest absolute Gasteiger partial charge is 1.00 e. The molecular weight excluding hydrogens is 365 g/mol. The van der Waals surface area contributed by atoms with Gasteiger partial charge in [0.1, 0.15) is 0 Å². The zero-order chi connectivity index (χ0) is 0. The predicted molar refractivity (Wildman–Crippen MR) is 0 cm³/mol. The standard InChI is InChI=1S/BrH.3ClH.Hf/h4*1H;/q;;;;+4/p-4. The summed E-state index contributed by atoms with van der Waals surface area (Å²) in [6, 6.07) is 0. The van der Waals surface area contributed by atoms with Gasteiger partial charge >= 0.3 is 25.8 Å². The van der Waals surface area contributed by atoms with Gasteiger partial charge in [-0.15, -0.1) is 0 Å². The topological polar surface area (TPSA) is 0 Å². The van der Waals surface area contributed by atoms with Crippen LogP contribution in [0.1, 0.15) is 0 Å². The van der Waals surface area contributed by atoms with E-state index in [4.69, 9.17) is 0 Å². The Kier molecular flexibility index (Phi) is 390. The first kappa shape index (κ1) is 56.7. The summed E-state index contributed by atoms with van der Waals surface area (Å²) in [6.45, 7) is 0. The van der Waals surface area contributed by atoms with E-state index >= 15 is 0 Å². The normalized spacial score (nSPS) is 0. The quantitative estimate of drug-likeness (QED) is 0.375. The zero-order valence-corrected chi connectivity index (χ0v) is 9.46. The minimum absolute atomic E-state index is 0. The summed E-state index contributed by atoms with van der Waals surface area (Å²) >= 11 is 0. The second-order valence-corrected chi connectivity index (χ2v) is 0. The third kappa shape index (κ3) is 22.5. The van der Waals surface area contributed by atoms with E-state index in [1.165, 1.54) is 0 Å². The molecule has 5 heteroatoms. The Bertz CT molecular complexity index is 6.85. The number of rotatable bonds is 0. The largest absolute Gasteiger partial charge is 4.00 e. The first-order valence-electron chi connectivity index (χ1n) is 0. The van der Waals surface area contributed by atoms with E-state index in [2.05, 4.69) is 0 Å². The predicted octanol–water partition coefficient (Wildman–Crippen LogP) is -12.0. The molecule has 0 rings (SSSR count). The molecule has 0 aromatic rings. The molecule has 0 spiro atoms. The SMILES string of the molecule is [Br-].[Cl-].[Cl-].[Cl-].[Hf+4]. The van der Waals surface area contributed by atoms with E-state index in [1.54, 1.807) is 0 Å². The molecule has 0 radical (unpaired) electrons. The summed E-state index contributed by atoms with van der Waals surface area (Å²) in [7, 11) is 0. The molecule has 32 valence electrons. The van der Waals surface area contributed by atoms with E-state index in [1.807, 2.05) is 0 Å². The van der Waals surface area contributed by atoms with Crippen LogP contribution in [0.15, 0.2) is 0 Å². The van der Waals surface area contributed by atoms with Gasteiger partial charge in [-0.25, -0.2) is 0 Å². The van der Waals surface area contributed by atoms with Crippen molar-refractivity contribution >= 4 is 0 Å². The van der Waals surface area contributed by atoms with E-state index in [0.29, 0.717) is 0 Å². The maximum Gasteiger partial charge on any atom is 4.00 e. The number of hydrogen-bond donors (Lipinski definition) is 0. The van der Waals surface area contributed by atoms with E-state index in [9.17, 15) is 0 Å². The van der Waals surface area contributed by atoms with Gasteiger partial charge in [-0.05, 0) is 0 Å². The Hall–Kier alpha value is 2.22. The molecule has 0 amide bonds. The van der Waals surface area contributed by atoms with Crippen LogP contribution in [0, 0.1) is 0 Å². The van der Waals surface area contributed by atoms with Gasteiger partial charge in [0.05, 0.1) is 0 Å². The van der Waals surface area contributed by atoms with Crippen LogP contribution in [-0.4, -0.2) is 0 Å². The van der Waals surface area contributed by atoms with Crippen molar-refractivity contribution < 1.29 is 80.0 Å². The van der Waals surface area contributed by atoms with Crippen molar-refractivity contribution in [2.45, 2.75) is 0 Å². The molecule has 0 bridgehead atoms. The van der Waals surface area contributed by atoms with Crippen LogP contribution in [-0.2, 0) is 25.8 Å². The third-order valence-electron chi connectivity index (χ3n) is 0. The monoisotopic (exact) mass is 364 g/mol. The van der Waals surface area contributed by atoms with Crippen LogP contribution in [0.25, 0.3) is 0 Å². The van der Waals surface area contributed by atoms with Gasteiger partial charge in [0.2, 0.25) is 0 Å². The fourth-order valence-electron chi connectivity index (χ4n) is 0. The van der Waals surface area contributed by atoms with Gasteiger partial charge in [-0.1, -0.05) is 0 Å². The van der Waals surface area contributed by atoms with Gasteiger partial charge in [0, 0.05) is 0 Å². The van der Waals surface area contributed by atoms with Crippen LogP contribution in [0.4, 0.5) is 0 Å². The average molecular weight is 365 g/mol. The zero-order valence-electron chi connectivity index (χ0n) is 2.01. The van der Waals surface area contributed by atoms with Crippen molar-refractivity contribution in [1.29, 1.82) is 0 Å². The van der Waals surface area contributed by atoms with Crippen LogP contribution >= 0.6 is 0 Å². The summed E-state index contributed by atoms with van der Waals surface area (Å²) < 4.78 is 0. The van der Waals surface area contributed by atoms with Gasteiger partial charge in [-0.2, -0.15) is 0 Å². The molecule has 0 aliphatic carbocycles. The third-order valence-corrected chi connectivity index (χ3v) is 0. The molecular formula is BrCl3Hf. The summed E-state index contributed by atoms with van der Waals surface area (Å²) in [5.41, 5.74) is 0. The molecule has 0 saturated heterocycles. The van der Waals surface area contributed by atoms with Crippen LogP contribution in [0.3, 0.4) is 0 Å². The molecule has 0 unspecified atom stereocenters. The van der Waals surface area contributed by atoms with E-state index in [-0.39, 0.29) is 80.0 Å². The van der Waals surface area contributed by atoms with Crippen molar-refractivity contribution in [3.8, 4) is 0 Å². The molecule has 0 heterocycles. The van der Waals surface area contributed by atoms with Crippen molar-refractivity contribution in [1.82, 2.24) is 0 Å². The van der Waals surface area contributed by atoms with E-state index < -0.39 is 0 Å². The molecule has 0 aromatic heterocycles. The van der Waals surface area contributed by atoms with Crippen molar-refractivity contribution in [3.05, 3.63) is 0 Å².